The Bertz CT molecular complexity index is 1230. The van der Waals surface area contributed by atoms with Gasteiger partial charge in [0, 0.05) is 19.3 Å². The number of hydrogen-bond donors (Lipinski definition) is 0. The summed E-state index contributed by atoms with van der Waals surface area (Å²) in [6, 6.07) is 0. The van der Waals surface area contributed by atoms with E-state index in [1.165, 1.54) is 83.5 Å². The Morgan fingerprint density at radius 2 is 0.650 bits per heavy atom. The number of allylic oxidation sites excluding steroid dienone is 16. The van der Waals surface area contributed by atoms with Crippen LogP contribution >= 0.6 is 0 Å². The molecular weight excluding hydrogens is 745 g/mol. The highest BCUT2D eigenvalue weighted by molar-refractivity contribution is 5.71. The molecule has 0 amide bonds. The Balaban J connectivity index is 4.50. The largest absolute Gasteiger partial charge is 0.462 e. The van der Waals surface area contributed by atoms with Crippen molar-refractivity contribution >= 4 is 17.9 Å². The molecule has 340 valence electrons. The number of ether oxygens (including phenoxy) is 3. The van der Waals surface area contributed by atoms with Gasteiger partial charge in [0.15, 0.2) is 6.10 Å². The van der Waals surface area contributed by atoms with Crippen molar-refractivity contribution in [1.82, 2.24) is 0 Å². The molecule has 0 N–H and O–H groups in total. The summed E-state index contributed by atoms with van der Waals surface area (Å²) in [4.78, 5) is 37.8. The molecule has 0 aromatic carbocycles. The van der Waals surface area contributed by atoms with Gasteiger partial charge in [-0.05, 0) is 64.2 Å². The molecule has 0 aliphatic carbocycles. The summed E-state index contributed by atoms with van der Waals surface area (Å²) < 4.78 is 16.7. The maximum Gasteiger partial charge on any atom is 0.306 e. The second kappa shape index (κ2) is 48.0. The molecule has 0 aromatic heterocycles. The second-order valence-corrected chi connectivity index (χ2v) is 15.8. The van der Waals surface area contributed by atoms with Gasteiger partial charge in [-0.1, -0.05) is 221 Å². The van der Waals surface area contributed by atoms with Crippen molar-refractivity contribution in [1.29, 1.82) is 0 Å². The number of carbonyl (C=O) groups is 3. The van der Waals surface area contributed by atoms with Crippen molar-refractivity contribution in [2.45, 2.75) is 213 Å². The van der Waals surface area contributed by atoms with Crippen LogP contribution in [0.5, 0.6) is 0 Å². The van der Waals surface area contributed by atoms with E-state index in [4.69, 9.17) is 14.2 Å². The lowest BCUT2D eigenvalue weighted by atomic mass is 10.1. The van der Waals surface area contributed by atoms with Crippen LogP contribution in [0.15, 0.2) is 97.2 Å². The Morgan fingerprint density at radius 1 is 0.350 bits per heavy atom. The first-order valence-corrected chi connectivity index (χ1v) is 24.3. The zero-order chi connectivity index (χ0) is 43.7. The van der Waals surface area contributed by atoms with E-state index in [2.05, 4.69) is 57.2 Å². The van der Waals surface area contributed by atoms with E-state index in [1.54, 1.807) is 0 Å². The van der Waals surface area contributed by atoms with Gasteiger partial charge in [0.25, 0.3) is 0 Å². The van der Waals surface area contributed by atoms with Crippen molar-refractivity contribution < 1.29 is 28.6 Å². The van der Waals surface area contributed by atoms with Gasteiger partial charge in [0.1, 0.15) is 13.2 Å². The molecule has 0 spiro atoms. The van der Waals surface area contributed by atoms with Gasteiger partial charge in [0.2, 0.25) is 0 Å². The van der Waals surface area contributed by atoms with E-state index in [-0.39, 0.29) is 37.5 Å². The zero-order valence-corrected chi connectivity index (χ0v) is 38.7. The maximum atomic E-state index is 12.7. The van der Waals surface area contributed by atoms with Crippen LogP contribution in [-0.4, -0.2) is 37.2 Å². The van der Waals surface area contributed by atoms with Gasteiger partial charge in [-0.15, -0.1) is 0 Å². The average molecular weight is 833 g/mol. The highest BCUT2D eigenvalue weighted by atomic mass is 16.6. The summed E-state index contributed by atoms with van der Waals surface area (Å²) in [6.07, 6.45) is 62.5. The summed E-state index contributed by atoms with van der Waals surface area (Å²) in [5, 5.41) is 0. The van der Waals surface area contributed by atoms with Crippen molar-refractivity contribution in [2.24, 2.45) is 0 Å². The third-order valence-corrected chi connectivity index (χ3v) is 10.0. The van der Waals surface area contributed by atoms with Crippen molar-refractivity contribution in [2.75, 3.05) is 13.2 Å². The molecule has 0 fully saturated rings. The van der Waals surface area contributed by atoms with Gasteiger partial charge in [0.05, 0.1) is 0 Å². The van der Waals surface area contributed by atoms with Gasteiger partial charge in [-0.2, -0.15) is 0 Å². The minimum Gasteiger partial charge on any atom is -0.462 e. The number of carbonyl (C=O) groups excluding carboxylic acids is 3. The van der Waals surface area contributed by atoms with Gasteiger partial charge < -0.3 is 14.2 Å². The molecule has 0 bridgehead atoms. The summed E-state index contributed by atoms with van der Waals surface area (Å²) in [5.41, 5.74) is 0. The molecule has 0 aromatic rings. The first kappa shape index (κ1) is 56.3. The molecule has 6 nitrogen and oxygen atoms in total. The van der Waals surface area contributed by atoms with E-state index in [0.717, 1.165) is 83.5 Å². The van der Waals surface area contributed by atoms with Crippen molar-refractivity contribution in [3.05, 3.63) is 97.2 Å². The normalized spacial score (nSPS) is 12.9. The van der Waals surface area contributed by atoms with Crippen LogP contribution < -0.4 is 0 Å². The van der Waals surface area contributed by atoms with E-state index in [9.17, 15) is 14.4 Å². The molecule has 0 aliphatic heterocycles. The lowest BCUT2D eigenvalue weighted by molar-refractivity contribution is -0.167. The second-order valence-electron chi connectivity index (χ2n) is 15.8. The average Bonchev–Trinajstić information content (AvgIpc) is 3.24. The SMILES string of the molecule is CC\C=C/C=C\C=C/C=C\C=C\C=C/CCCCCC(=O)OCC(COC(=O)CCCCCCCCCCC)OC(=O)CCCCC/C=C\C=C/CCCCCCCCC. The van der Waals surface area contributed by atoms with E-state index in [0.29, 0.717) is 12.8 Å². The van der Waals surface area contributed by atoms with Crippen LogP contribution in [0.3, 0.4) is 0 Å². The molecule has 0 aliphatic rings. The van der Waals surface area contributed by atoms with Gasteiger partial charge in [-0.3, -0.25) is 14.4 Å². The number of unbranched alkanes of at least 4 members (excludes halogenated alkanes) is 21. The summed E-state index contributed by atoms with van der Waals surface area (Å²) >= 11 is 0. The van der Waals surface area contributed by atoms with E-state index in [1.807, 2.05) is 60.8 Å². The quantitative estimate of drug-likeness (QED) is 0.0264. The van der Waals surface area contributed by atoms with Crippen LogP contribution in [0.1, 0.15) is 207 Å². The summed E-state index contributed by atoms with van der Waals surface area (Å²) in [5.74, 6) is -0.984. The molecule has 0 saturated carbocycles. The van der Waals surface area contributed by atoms with Crippen LogP contribution in [0.4, 0.5) is 0 Å². The summed E-state index contributed by atoms with van der Waals surface area (Å²) in [6.45, 7) is 6.39. The molecule has 1 unspecified atom stereocenters. The number of rotatable bonds is 42. The van der Waals surface area contributed by atoms with Crippen molar-refractivity contribution in [3.63, 3.8) is 0 Å². The topological polar surface area (TPSA) is 78.9 Å². The Hall–Kier alpha value is -3.67. The number of hydrogen-bond acceptors (Lipinski definition) is 6. The van der Waals surface area contributed by atoms with Crippen LogP contribution in [0.2, 0.25) is 0 Å². The molecule has 0 rings (SSSR count). The minimum absolute atomic E-state index is 0.103. The smallest absolute Gasteiger partial charge is 0.306 e. The molecule has 1 atom stereocenters. The molecular formula is C54H88O6. The Kier molecular flexibility index (Phi) is 45.1. The third kappa shape index (κ3) is 45.4. The first-order chi connectivity index (χ1) is 29.5. The van der Waals surface area contributed by atoms with Crippen LogP contribution in [0, 0.1) is 0 Å². The minimum atomic E-state index is -0.807. The Morgan fingerprint density at radius 3 is 1.05 bits per heavy atom. The lowest BCUT2D eigenvalue weighted by Gasteiger charge is -2.18. The molecule has 0 saturated heterocycles. The molecule has 60 heavy (non-hydrogen) atoms. The molecule has 0 heterocycles. The fraction of sp³-hybridized carbons (Fsp3) is 0.648. The molecule has 6 heteroatoms. The first-order valence-electron chi connectivity index (χ1n) is 24.3. The third-order valence-electron chi connectivity index (χ3n) is 10.0. The van der Waals surface area contributed by atoms with Gasteiger partial charge >= 0.3 is 17.9 Å². The fourth-order valence-corrected chi connectivity index (χ4v) is 6.35. The van der Waals surface area contributed by atoms with Crippen LogP contribution in [0.25, 0.3) is 0 Å². The maximum absolute atomic E-state index is 12.7. The van der Waals surface area contributed by atoms with Gasteiger partial charge in [-0.25, -0.2) is 0 Å². The highest BCUT2D eigenvalue weighted by Gasteiger charge is 2.19. The van der Waals surface area contributed by atoms with E-state index >= 15 is 0 Å². The summed E-state index contributed by atoms with van der Waals surface area (Å²) in [7, 11) is 0. The predicted molar refractivity (Wildman–Crippen MR) is 256 cm³/mol. The lowest BCUT2D eigenvalue weighted by Crippen LogP contribution is -2.30. The van der Waals surface area contributed by atoms with E-state index < -0.39 is 6.10 Å². The Labute approximate surface area is 368 Å². The van der Waals surface area contributed by atoms with Crippen molar-refractivity contribution in [3.8, 4) is 0 Å². The van der Waals surface area contributed by atoms with Crippen LogP contribution in [-0.2, 0) is 28.6 Å². The number of esters is 3. The highest BCUT2D eigenvalue weighted by Crippen LogP contribution is 2.13. The monoisotopic (exact) mass is 833 g/mol. The molecule has 0 radical (unpaired) electrons. The predicted octanol–water partition coefficient (Wildman–Crippen LogP) is 15.8. The standard InChI is InChI=1S/C54H88O6/c1-4-7-10-13-16-19-21-23-25-27-29-30-32-35-38-41-44-47-53(56)59-50-51(49-58-52(55)46-43-40-37-34-18-15-12-9-6-3)60-54(57)48-45-42-39-36-33-31-28-26-24-22-20-17-14-11-8-5-2/h7,10,13,16,19,21,23,25-33,51H,4-6,8-9,11-12,14-15,17-18,20,22,24,34-50H2,1-3H3/b10-7-,16-13-,21-19-,25-23-,28-26-,29-27+,32-30-,33-31-. The fourth-order valence-electron chi connectivity index (χ4n) is 6.35. The zero-order valence-electron chi connectivity index (χ0n) is 38.7.